The summed E-state index contributed by atoms with van der Waals surface area (Å²) in [6, 6.07) is 8.72. The lowest BCUT2D eigenvalue weighted by atomic mass is 10.1. The third-order valence-electron chi connectivity index (χ3n) is 2.20. The number of carbonyl (C=O) groups excluding carboxylic acids is 1. The number of hydrogen-bond donors (Lipinski definition) is 0. The van der Waals surface area contributed by atoms with Gasteiger partial charge in [0.15, 0.2) is 0 Å². The lowest BCUT2D eigenvalue weighted by Crippen LogP contribution is -2.12. The fraction of sp³-hybridized carbons (Fsp3) is 0.250. The van der Waals surface area contributed by atoms with E-state index in [0.717, 1.165) is 0 Å². The maximum atomic E-state index is 11.6. The van der Waals surface area contributed by atoms with Crippen molar-refractivity contribution in [2.45, 2.75) is 20.0 Å². The smallest absolute Gasteiger partial charge is 0.349 e. The maximum absolute atomic E-state index is 11.6. The van der Waals surface area contributed by atoms with Crippen molar-refractivity contribution in [3.8, 4) is 24.2 Å². The molecule has 0 heterocycles. The van der Waals surface area contributed by atoms with E-state index in [1.165, 1.54) is 6.08 Å². The maximum Gasteiger partial charge on any atom is 0.349 e. The molecule has 0 amide bonds. The molecule has 0 fully saturated rings. The fourth-order valence-corrected chi connectivity index (χ4v) is 1.37. The fourth-order valence-electron chi connectivity index (χ4n) is 1.37. The molecule has 1 rings (SSSR count). The molecule has 0 aliphatic carbocycles. The molecule has 1 aromatic rings. The number of hydrogen-bond acceptors (Lipinski definition) is 4. The van der Waals surface area contributed by atoms with Crippen LogP contribution in [-0.2, 0) is 9.53 Å². The van der Waals surface area contributed by atoms with Crippen LogP contribution in [0.25, 0.3) is 6.08 Å². The van der Waals surface area contributed by atoms with E-state index in [2.05, 4.69) is 5.92 Å². The Hall–Kier alpha value is -2.72. The van der Waals surface area contributed by atoms with E-state index in [-0.39, 0.29) is 18.3 Å². The third-order valence-corrected chi connectivity index (χ3v) is 2.20. The summed E-state index contributed by atoms with van der Waals surface area (Å²) < 4.78 is 10.2. The molecule has 0 atom stereocenters. The highest BCUT2D eigenvalue weighted by molar-refractivity contribution is 5.97. The molecular weight excluding hydrogens is 254 g/mol. The van der Waals surface area contributed by atoms with Gasteiger partial charge in [0.25, 0.3) is 0 Å². The molecule has 0 saturated carbocycles. The Morgan fingerprint density at radius 2 is 2.05 bits per heavy atom. The molecule has 102 valence electrons. The van der Waals surface area contributed by atoms with Crippen LogP contribution >= 0.6 is 0 Å². The zero-order valence-electron chi connectivity index (χ0n) is 11.4. The van der Waals surface area contributed by atoms with Crippen LogP contribution in [0.1, 0.15) is 19.4 Å². The van der Waals surface area contributed by atoms with Crippen LogP contribution in [0.2, 0.25) is 0 Å². The Labute approximate surface area is 118 Å². The van der Waals surface area contributed by atoms with E-state index in [1.54, 1.807) is 38.1 Å². The van der Waals surface area contributed by atoms with Crippen molar-refractivity contribution in [3.05, 3.63) is 35.4 Å². The molecule has 4 heteroatoms. The minimum Gasteiger partial charge on any atom is -0.481 e. The van der Waals surface area contributed by atoms with Crippen molar-refractivity contribution in [1.82, 2.24) is 0 Å². The monoisotopic (exact) mass is 269 g/mol. The van der Waals surface area contributed by atoms with Crippen molar-refractivity contribution < 1.29 is 14.3 Å². The van der Waals surface area contributed by atoms with E-state index in [9.17, 15) is 4.79 Å². The Bertz CT molecular complexity index is 571. The highest BCUT2D eigenvalue weighted by Gasteiger charge is 2.12. The van der Waals surface area contributed by atoms with Gasteiger partial charge in [-0.25, -0.2) is 4.79 Å². The first-order valence-corrected chi connectivity index (χ1v) is 6.06. The summed E-state index contributed by atoms with van der Waals surface area (Å²) >= 11 is 0. The SMILES string of the molecule is C#CCOc1ccc(/C=C(/C#N)C(=O)OC(C)C)cc1. The molecule has 20 heavy (non-hydrogen) atoms. The van der Waals surface area contributed by atoms with Crippen molar-refractivity contribution in [3.63, 3.8) is 0 Å². The predicted octanol–water partition coefficient (Wildman–Crippen LogP) is 2.56. The van der Waals surface area contributed by atoms with Crippen LogP contribution in [-0.4, -0.2) is 18.7 Å². The van der Waals surface area contributed by atoms with Crippen LogP contribution in [0.5, 0.6) is 5.75 Å². The number of nitrogens with zero attached hydrogens (tertiary/aromatic N) is 1. The van der Waals surface area contributed by atoms with E-state index < -0.39 is 5.97 Å². The van der Waals surface area contributed by atoms with E-state index >= 15 is 0 Å². The molecule has 0 bridgehead atoms. The van der Waals surface area contributed by atoms with Gasteiger partial charge in [0.05, 0.1) is 6.10 Å². The van der Waals surface area contributed by atoms with Crippen LogP contribution in [0.15, 0.2) is 29.8 Å². The van der Waals surface area contributed by atoms with Gasteiger partial charge in [0, 0.05) is 0 Å². The Morgan fingerprint density at radius 1 is 1.40 bits per heavy atom. The van der Waals surface area contributed by atoms with Gasteiger partial charge in [-0.2, -0.15) is 5.26 Å². The summed E-state index contributed by atoms with van der Waals surface area (Å²) in [5.41, 5.74) is 0.659. The number of esters is 1. The average molecular weight is 269 g/mol. The third kappa shape index (κ3) is 4.88. The number of terminal acetylenes is 1. The summed E-state index contributed by atoms with van der Waals surface area (Å²) in [5, 5.41) is 8.98. The average Bonchev–Trinajstić information content (AvgIpc) is 2.42. The van der Waals surface area contributed by atoms with Gasteiger partial charge in [-0.15, -0.1) is 6.42 Å². The molecule has 0 aliphatic heterocycles. The number of nitriles is 1. The number of rotatable bonds is 5. The predicted molar refractivity (Wildman–Crippen MR) is 75.6 cm³/mol. The molecule has 0 N–H and O–H groups in total. The lowest BCUT2D eigenvalue weighted by Gasteiger charge is -2.06. The molecule has 0 saturated heterocycles. The second-order valence-electron chi connectivity index (χ2n) is 4.19. The zero-order valence-corrected chi connectivity index (χ0v) is 11.4. The van der Waals surface area contributed by atoms with Crippen LogP contribution < -0.4 is 4.74 Å². The summed E-state index contributed by atoms with van der Waals surface area (Å²) in [6.07, 6.45) is 6.29. The van der Waals surface area contributed by atoms with Gasteiger partial charge < -0.3 is 9.47 Å². The molecule has 1 aromatic carbocycles. The quantitative estimate of drug-likeness (QED) is 0.357. The minimum absolute atomic E-state index is 0.0454. The standard InChI is InChI=1S/C16H15NO3/c1-4-9-19-15-7-5-13(6-8-15)10-14(11-17)16(18)20-12(2)3/h1,5-8,10,12H,9H2,2-3H3/b14-10-. The zero-order chi connectivity index (χ0) is 15.0. The summed E-state index contributed by atoms with van der Waals surface area (Å²) in [7, 11) is 0. The van der Waals surface area contributed by atoms with Crippen molar-refractivity contribution in [2.24, 2.45) is 0 Å². The molecule has 4 nitrogen and oxygen atoms in total. The first-order valence-electron chi connectivity index (χ1n) is 6.06. The second-order valence-corrected chi connectivity index (χ2v) is 4.19. The van der Waals surface area contributed by atoms with E-state index in [1.807, 2.05) is 6.07 Å². The second kappa shape index (κ2) is 7.66. The molecule has 0 unspecified atom stereocenters. The Balaban J connectivity index is 2.83. The topological polar surface area (TPSA) is 59.3 Å². The number of carbonyl (C=O) groups is 1. The van der Waals surface area contributed by atoms with Gasteiger partial charge in [-0.3, -0.25) is 0 Å². The van der Waals surface area contributed by atoms with Crippen molar-refractivity contribution in [1.29, 1.82) is 5.26 Å². The molecule has 0 radical (unpaired) electrons. The Morgan fingerprint density at radius 3 is 2.55 bits per heavy atom. The van der Waals surface area contributed by atoms with Gasteiger partial charge in [-0.1, -0.05) is 18.1 Å². The van der Waals surface area contributed by atoms with Crippen LogP contribution in [0.4, 0.5) is 0 Å². The van der Waals surface area contributed by atoms with Gasteiger partial charge in [-0.05, 0) is 37.6 Å². The summed E-state index contributed by atoms with van der Waals surface area (Å²) in [5.74, 6) is 2.37. The largest absolute Gasteiger partial charge is 0.481 e. The van der Waals surface area contributed by atoms with Gasteiger partial charge >= 0.3 is 5.97 Å². The molecule has 0 aromatic heterocycles. The summed E-state index contributed by atoms with van der Waals surface area (Å²) in [4.78, 5) is 11.6. The summed E-state index contributed by atoms with van der Waals surface area (Å²) in [6.45, 7) is 3.65. The normalized spacial score (nSPS) is 10.6. The molecule has 0 spiro atoms. The number of benzene rings is 1. The molecule has 0 aliphatic rings. The van der Waals surface area contributed by atoms with Crippen LogP contribution in [0.3, 0.4) is 0 Å². The Kier molecular flexibility index (Phi) is 5.87. The highest BCUT2D eigenvalue weighted by atomic mass is 16.5. The lowest BCUT2D eigenvalue weighted by molar-refractivity contribution is -0.142. The van der Waals surface area contributed by atoms with Gasteiger partial charge in [0.1, 0.15) is 24.0 Å². The highest BCUT2D eigenvalue weighted by Crippen LogP contribution is 2.15. The van der Waals surface area contributed by atoms with Crippen molar-refractivity contribution in [2.75, 3.05) is 6.61 Å². The van der Waals surface area contributed by atoms with E-state index in [4.69, 9.17) is 21.2 Å². The minimum atomic E-state index is -0.629. The van der Waals surface area contributed by atoms with Gasteiger partial charge in [0.2, 0.25) is 0 Å². The van der Waals surface area contributed by atoms with Crippen LogP contribution in [0, 0.1) is 23.7 Å². The number of ether oxygens (including phenoxy) is 2. The molecular formula is C16H15NO3. The van der Waals surface area contributed by atoms with E-state index in [0.29, 0.717) is 11.3 Å². The first kappa shape index (κ1) is 15.3. The van der Waals surface area contributed by atoms with Crippen molar-refractivity contribution >= 4 is 12.0 Å². The first-order chi connectivity index (χ1) is 9.56.